The number of sulfonamides is 1. The number of benzene rings is 2. The second-order valence-electron chi connectivity index (χ2n) is 7.21. The summed E-state index contributed by atoms with van der Waals surface area (Å²) in [6, 6.07) is 13.4. The van der Waals surface area contributed by atoms with Gasteiger partial charge in [0.05, 0.1) is 18.4 Å². The molecule has 0 aliphatic carbocycles. The first-order valence-corrected chi connectivity index (χ1v) is 12.1. The summed E-state index contributed by atoms with van der Waals surface area (Å²) in [5.41, 5.74) is 1.36. The SMILES string of the molecule is COc1ccccc1-c1nnc(C2CCN(S(=O)(=O)Cc3cccc(F)c3)CC2)s1. The molecule has 1 fully saturated rings. The summed E-state index contributed by atoms with van der Waals surface area (Å²) in [5.74, 6) is 0.306. The van der Waals surface area contributed by atoms with Gasteiger partial charge in [-0.25, -0.2) is 17.1 Å². The van der Waals surface area contributed by atoms with Crippen LogP contribution in [0, 0.1) is 5.82 Å². The van der Waals surface area contributed by atoms with Crippen molar-refractivity contribution >= 4 is 21.4 Å². The van der Waals surface area contributed by atoms with Crippen LogP contribution >= 0.6 is 11.3 Å². The largest absolute Gasteiger partial charge is 0.496 e. The van der Waals surface area contributed by atoms with Crippen LogP contribution in [0.1, 0.15) is 29.3 Å². The van der Waals surface area contributed by atoms with E-state index in [1.807, 2.05) is 24.3 Å². The Labute approximate surface area is 179 Å². The normalized spacial score (nSPS) is 15.9. The zero-order valence-corrected chi connectivity index (χ0v) is 18.1. The van der Waals surface area contributed by atoms with Gasteiger partial charge in [0.1, 0.15) is 16.6 Å². The van der Waals surface area contributed by atoms with Crippen molar-refractivity contribution in [2.24, 2.45) is 0 Å². The Morgan fingerprint density at radius 3 is 2.63 bits per heavy atom. The van der Waals surface area contributed by atoms with Gasteiger partial charge in [-0.3, -0.25) is 0 Å². The maximum atomic E-state index is 13.4. The topological polar surface area (TPSA) is 72.4 Å². The van der Waals surface area contributed by atoms with Crippen LogP contribution in [0.3, 0.4) is 0 Å². The van der Waals surface area contributed by atoms with Gasteiger partial charge < -0.3 is 4.74 Å². The van der Waals surface area contributed by atoms with Crippen LogP contribution < -0.4 is 4.74 Å². The molecular weight excluding hydrogens is 425 g/mol. The van der Waals surface area contributed by atoms with Gasteiger partial charge in [0.15, 0.2) is 5.01 Å². The van der Waals surface area contributed by atoms with Crippen LogP contribution in [-0.2, 0) is 15.8 Å². The first-order chi connectivity index (χ1) is 14.5. The number of aromatic nitrogens is 2. The number of hydrogen-bond acceptors (Lipinski definition) is 6. The number of rotatable bonds is 6. The molecule has 1 aromatic heterocycles. The molecule has 0 amide bonds. The molecule has 2 heterocycles. The fourth-order valence-corrected chi connectivity index (χ4v) is 6.23. The molecule has 4 rings (SSSR count). The van der Waals surface area contributed by atoms with Crippen molar-refractivity contribution in [3.63, 3.8) is 0 Å². The molecule has 30 heavy (non-hydrogen) atoms. The molecule has 0 bridgehead atoms. The van der Waals surface area contributed by atoms with Crippen LogP contribution in [0.5, 0.6) is 5.75 Å². The maximum Gasteiger partial charge on any atom is 0.218 e. The van der Waals surface area contributed by atoms with E-state index >= 15 is 0 Å². The summed E-state index contributed by atoms with van der Waals surface area (Å²) in [5, 5.41) is 10.4. The zero-order valence-electron chi connectivity index (χ0n) is 16.5. The van der Waals surface area contributed by atoms with Crippen molar-refractivity contribution in [2.75, 3.05) is 20.2 Å². The summed E-state index contributed by atoms with van der Waals surface area (Å²) in [6.07, 6.45) is 1.37. The molecule has 9 heteroatoms. The van der Waals surface area contributed by atoms with E-state index in [1.165, 1.54) is 33.8 Å². The quantitative estimate of drug-likeness (QED) is 0.570. The smallest absolute Gasteiger partial charge is 0.218 e. The average Bonchev–Trinajstić information content (AvgIpc) is 3.23. The molecule has 0 radical (unpaired) electrons. The highest BCUT2D eigenvalue weighted by Gasteiger charge is 2.30. The lowest BCUT2D eigenvalue weighted by molar-refractivity contribution is 0.318. The molecule has 0 atom stereocenters. The van der Waals surface area contributed by atoms with E-state index in [2.05, 4.69) is 10.2 Å². The molecule has 6 nitrogen and oxygen atoms in total. The van der Waals surface area contributed by atoms with Crippen molar-refractivity contribution in [1.82, 2.24) is 14.5 Å². The molecule has 1 aliphatic rings. The second kappa shape index (κ2) is 8.79. The number of nitrogens with zero attached hydrogens (tertiary/aromatic N) is 3. The predicted molar refractivity (Wildman–Crippen MR) is 114 cm³/mol. The highest BCUT2D eigenvalue weighted by Crippen LogP contribution is 2.37. The van der Waals surface area contributed by atoms with E-state index in [1.54, 1.807) is 13.2 Å². The average molecular weight is 448 g/mol. The Hall–Kier alpha value is -2.36. The van der Waals surface area contributed by atoms with E-state index in [0.717, 1.165) is 21.3 Å². The molecule has 2 aromatic carbocycles. The van der Waals surface area contributed by atoms with Gasteiger partial charge in [0, 0.05) is 19.0 Å². The Morgan fingerprint density at radius 2 is 1.90 bits per heavy atom. The Kier molecular flexibility index (Phi) is 6.12. The molecular formula is C21H22FN3O3S2. The summed E-state index contributed by atoms with van der Waals surface area (Å²) in [7, 11) is -1.86. The number of hydrogen-bond donors (Lipinski definition) is 0. The minimum absolute atomic E-state index is 0.173. The lowest BCUT2D eigenvalue weighted by atomic mass is 9.99. The van der Waals surface area contributed by atoms with Gasteiger partial charge in [-0.2, -0.15) is 0 Å². The van der Waals surface area contributed by atoms with E-state index < -0.39 is 15.8 Å². The number of methoxy groups -OCH3 is 1. The van der Waals surface area contributed by atoms with Gasteiger partial charge in [-0.05, 0) is 42.7 Å². The van der Waals surface area contributed by atoms with Crippen molar-refractivity contribution in [1.29, 1.82) is 0 Å². The third-order valence-corrected chi connectivity index (χ3v) is 8.18. The lowest BCUT2D eigenvalue weighted by Crippen LogP contribution is -2.38. The second-order valence-corrected chi connectivity index (χ2v) is 10.2. The van der Waals surface area contributed by atoms with Crippen molar-refractivity contribution in [3.8, 4) is 16.3 Å². The minimum atomic E-state index is -3.49. The number of para-hydroxylation sites is 1. The van der Waals surface area contributed by atoms with Crippen LogP contribution in [0.2, 0.25) is 0 Å². The van der Waals surface area contributed by atoms with Crippen LogP contribution in [-0.4, -0.2) is 43.1 Å². The molecule has 0 unspecified atom stereocenters. The molecule has 1 saturated heterocycles. The van der Waals surface area contributed by atoms with Crippen molar-refractivity contribution in [2.45, 2.75) is 24.5 Å². The number of halogens is 1. The first kappa shape index (κ1) is 20.9. The summed E-state index contributed by atoms with van der Waals surface area (Å²) in [4.78, 5) is 0. The minimum Gasteiger partial charge on any atom is -0.496 e. The van der Waals surface area contributed by atoms with E-state index in [4.69, 9.17) is 4.74 Å². The molecule has 1 aliphatic heterocycles. The lowest BCUT2D eigenvalue weighted by Gasteiger charge is -2.30. The molecule has 158 valence electrons. The van der Waals surface area contributed by atoms with Crippen LogP contribution in [0.15, 0.2) is 48.5 Å². The Balaban J connectivity index is 1.42. The first-order valence-electron chi connectivity index (χ1n) is 9.65. The highest BCUT2D eigenvalue weighted by atomic mass is 32.2. The molecule has 3 aromatic rings. The van der Waals surface area contributed by atoms with Gasteiger partial charge in [-0.15, -0.1) is 10.2 Å². The molecule has 0 saturated carbocycles. The van der Waals surface area contributed by atoms with E-state index in [0.29, 0.717) is 31.5 Å². The van der Waals surface area contributed by atoms with Crippen molar-refractivity contribution in [3.05, 3.63) is 64.9 Å². The Morgan fingerprint density at radius 1 is 1.13 bits per heavy atom. The maximum absolute atomic E-state index is 13.4. The summed E-state index contributed by atoms with van der Waals surface area (Å²) >= 11 is 1.52. The summed E-state index contributed by atoms with van der Waals surface area (Å²) < 4.78 is 45.7. The Bertz CT molecular complexity index is 1130. The molecule has 0 spiro atoms. The monoisotopic (exact) mass is 447 g/mol. The number of piperidine rings is 1. The van der Waals surface area contributed by atoms with Crippen molar-refractivity contribution < 1.29 is 17.5 Å². The van der Waals surface area contributed by atoms with Crippen LogP contribution in [0.4, 0.5) is 4.39 Å². The summed E-state index contributed by atoms with van der Waals surface area (Å²) in [6.45, 7) is 0.845. The predicted octanol–water partition coefficient (Wildman–Crippen LogP) is 4.06. The fourth-order valence-electron chi connectivity index (χ4n) is 3.64. The van der Waals surface area contributed by atoms with E-state index in [9.17, 15) is 12.8 Å². The standard InChI is InChI=1S/C21H22FN3O3S2/c1-28-19-8-3-2-7-18(19)21-24-23-20(29-21)16-9-11-25(12-10-16)30(26,27)14-15-5-4-6-17(22)13-15/h2-8,13,16H,9-12,14H2,1H3. The number of ether oxygens (including phenoxy) is 1. The zero-order chi connectivity index (χ0) is 21.1. The van der Waals surface area contributed by atoms with Gasteiger partial charge in [0.25, 0.3) is 0 Å². The van der Waals surface area contributed by atoms with Gasteiger partial charge in [-0.1, -0.05) is 35.6 Å². The third kappa shape index (κ3) is 4.53. The third-order valence-electron chi connectivity index (χ3n) is 5.21. The van der Waals surface area contributed by atoms with Gasteiger partial charge in [0.2, 0.25) is 10.0 Å². The van der Waals surface area contributed by atoms with Gasteiger partial charge >= 0.3 is 0 Å². The van der Waals surface area contributed by atoms with E-state index in [-0.39, 0.29) is 11.7 Å². The van der Waals surface area contributed by atoms with Crippen LogP contribution in [0.25, 0.3) is 10.6 Å². The fraction of sp³-hybridized carbons (Fsp3) is 0.333. The highest BCUT2D eigenvalue weighted by molar-refractivity contribution is 7.88. The molecule has 0 N–H and O–H groups in total.